The summed E-state index contributed by atoms with van der Waals surface area (Å²) in [4.78, 5) is 26.1. The molecule has 0 radical (unpaired) electrons. The Morgan fingerprint density at radius 1 is 1.26 bits per heavy atom. The smallest absolute Gasteiger partial charge is 0.301 e. The van der Waals surface area contributed by atoms with E-state index in [4.69, 9.17) is 0 Å². The molecule has 0 bridgehead atoms. The minimum Gasteiger partial charge on any atom is -0.301 e. The molecule has 0 aliphatic carbocycles. The van der Waals surface area contributed by atoms with Crippen LogP contribution in [0.1, 0.15) is 26.7 Å². The second kappa shape index (κ2) is 7.99. The van der Waals surface area contributed by atoms with Gasteiger partial charge in [-0.1, -0.05) is 12.1 Å². The summed E-state index contributed by atoms with van der Waals surface area (Å²) in [5.41, 5.74) is -0.796. The minimum absolute atomic E-state index is 0.0776. The third kappa shape index (κ3) is 5.67. The van der Waals surface area contributed by atoms with E-state index in [9.17, 15) is 9.59 Å². The largest absolute Gasteiger partial charge is 0.328 e. The van der Waals surface area contributed by atoms with Crippen molar-refractivity contribution in [2.75, 3.05) is 0 Å². The molecule has 5 nitrogen and oxygen atoms in total. The molecule has 23 heavy (non-hydrogen) atoms. The molecule has 0 fully saturated rings. The van der Waals surface area contributed by atoms with Crippen LogP contribution in [0.5, 0.6) is 0 Å². The second-order valence-electron chi connectivity index (χ2n) is 5.93. The Bertz CT molecular complexity index is 770. The molecular weight excluding hydrogens is 378 g/mol. The number of aryl methyl sites for hydroxylation is 1. The van der Waals surface area contributed by atoms with Crippen molar-refractivity contribution in [2.45, 2.75) is 43.7 Å². The number of H-pyrrole nitrogens is 1. The molecule has 0 atom stereocenters. The molecule has 1 aromatic heterocycles. The Hall–Kier alpha value is -1.31. The zero-order valence-electron chi connectivity index (χ0n) is 13.1. The van der Waals surface area contributed by atoms with Gasteiger partial charge in [-0.05, 0) is 66.7 Å². The van der Waals surface area contributed by atoms with Crippen LogP contribution in [0, 0.1) is 0 Å². The van der Waals surface area contributed by atoms with Gasteiger partial charge in [0.15, 0.2) is 0 Å². The highest BCUT2D eigenvalue weighted by Crippen LogP contribution is 2.27. The van der Waals surface area contributed by atoms with Gasteiger partial charge in [0.25, 0.3) is 5.56 Å². The first kappa shape index (κ1) is 18.0. The number of aromatic nitrogens is 2. The lowest BCUT2D eigenvalue weighted by Crippen LogP contribution is -2.35. The first-order valence-corrected chi connectivity index (χ1v) is 8.97. The average molecular weight is 398 g/mol. The van der Waals surface area contributed by atoms with Gasteiger partial charge >= 0.3 is 5.69 Å². The molecule has 0 saturated heterocycles. The Morgan fingerprint density at radius 2 is 2.00 bits per heavy atom. The van der Waals surface area contributed by atoms with E-state index >= 15 is 0 Å². The SMILES string of the molecule is CC(C)(CCCn1ccc(=O)[nH]c1=O)NSc1ccccc1Br. The summed E-state index contributed by atoms with van der Waals surface area (Å²) in [6.45, 7) is 4.85. The standard InChI is InChI=1S/C16H20BrN3O2S/c1-16(2,19-23-13-7-4-3-6-12(13)17)9-5-10-20-11-8-14(21)18-15(20)22/h3-4,6-8,11,19H,5,9-10H2,1-2H3,(H,18,21,22). The van der Waals surface area contributed by atoms with Crippen LogP contribution < -0.4 is 16.0 Å². The summed E-state index contributed by atoms with van der Waals surface area (Å²) in [6.07, 6.45) is 3.27. The van der Waals surface area contributed by atoms with Gasteiger partial charge < -0.3 is 4.57 Å². The molecule has 2 aromatic rings. The highest BCUT2D eigenvalue weighted by molar-refractivity contribution is 9.10. The maximum Gasteiger partial charge on any atom is 0.328 e. The molecule has 2 N–H and O–H groups in total. The number of halogens is 1. The number of rotatable bonds is 7. The third-order valence-corrected chi connectivity index (χ3v) is 5.56. The van der Waals surface area contributed by atoms with Gasteiger partial charge in [0, 0.05) is 33.7 Å². The van der Waals surface area contributed by atoms with E-state index in [0.29, 0.717) is 6.54 Å². The molecule has 0 spiro atoms. The number of hydrogen-bond donors (Lipinski definition) is 2. The molecule has 1 aromatic carbocycles. The molecule has 7 heteroatoms. The fraction of sp³-hybridized carbons (Fsp3) is 0.375. The molecule has 0 amide bonds. The van der Waals surface area contributed by atoms with Crippen LogP contribution in [0.15, 0.2) is 55.5 Å². The maximum atomic E-state index is 11.6. The Kier molecular flexibility index (Phi) is 6.26. The van der Waals surface area contributed by atoms with Gasteiger partial charge in [0.1, 0.15) is 0 Å². The van der Waals surface area contributed by atoms with Crippen molar-refractivity contribution in [3.05, 3.63) is 61.8 Å². The van der Waals surface area contributed by atoms with Crippen LogP contribution in [0.25, 0.3) is 0 Å². The van der Waals surface area contributed by atoms with Gasteiger partial charge in [0.2, 0.25) is 0 Å². The molecule has 0 aliphatic heterocycles. The monoisotopic (exact) mass is 397 g/mol. The lowest BCUT2D eigenvalue weighted by atomic mass is 10.0. The van der Waals surface area contributed by atoms with E-state index in [1.165, 1.54) is 16.8 Å². The lowest BCUT2D eigenvalue weighted by molar-refractivity contribution is 0.408. The van der Waals surface area contributed by atoms with Gasteiger partial charge in [-0.25, -0.2) is 4.79 Å². The van der Waals surface area contributed by atoms with Gasteiger partial charge in [-0.3, -0.25) is 14.5 Å². The van der Waals surface area contributed by atoms with Crippen LogP contribution in [0.2, 0.25) is 0 Å². The summed E-state index contributed by atoms with van der Waals surface area (Å²) >= 11 is 5.13. The van der Waals surface area contributed by atoms with E-state index < -0.39 is 0 Å². The van der Waals surface area contributed by atoms with Crippen molar-refractivity contribution in [2.24, 2.45) is 0 Å². The Balaban J connectivity index is 1.85. The lowest BCUT2D eigenvalue weighted by Gasteiger charge is -2.26. The topological polar surface area (TPSA) is 66.9 Å². The van der Waals surface area contributed by atoms with Crippen LogP contribution in [0.4, 0.5) is 0 Å². The molecular formula is C16H20BrN3O2S. The van der Waals surface area contributed by atoms with Crippen molar-refractivity contribution in [3.8, 4) is 0 Å². The zero-order valence-corrected chi connectivity index (χ0v) is 15.5. The zero-order chi connectivity index (χ0) is 16.9. The van der Waals surface area contributed by atoms with E-state index in [1.807, 2.05) is 18.2 Å². The summed E-state index contributed by atoms with van der Waals surface area (Å²) in [6, 6.07) is 9.43. The van der Waals surface area contributed by atoms with Gasteiger partial charge in [-0.2, -0.15) is 0 Å². The first-order chi connectivity index (χ1) is 10.9. The molecule has 0 unspecified atom stereocenters. The Morgan fingerprint density at radius 3 is 2.70 bits per heavy atom. The predicted octanol–water partition coefficient (Wildman–Crippen LogP) is 3.15. The van der Waals surface area contributed by atoms with E-state index in [2.05, 4.69) is 45.5 Å². The van der Waals surface area contributed by atoms with Crippen LogP contribution in [-0.2, 0) is 6.54 Å². The first-order valence-electron chi connectivity index (χ1n) is 7.36. The van der Waals surface area contributed by atoms with Crippen molar-refractivity contribution in [3.63, 3.8) is 0 Å². The fourth-order valence-corrected chi connectivity index (χ4v) is 3.41. The molecule has 124 valence electrons. The predicted molar refractivity (Wildman–Crippen MR) is 97.8 cm³/mol. The van der Waals surface area contributed by atoms with E-state index in [0.717, 1.165) is 22.2 Å². The minimum atomic E-state index is -0.363. The fourth-order valence-electron chi connectivity index (χ4n) is 2.08. The quantitative estimate of drug-likeness (QED) is 0.704. The van der Waals surface area contributed by atoms with Crippen LogP contribution in [-0.4, -0.2) is 15.1 Å². The highest BCUT2D eigenvalue weighted by Gasteiger charge is 2.17. The van der Waals surface area contributed by atoms with Gasteiger partial charge in [0.05, 0.1) is 0 Å². The third-order valence-electron chi connectivity index (χ3n) is 3.37. The van der Waals surface area contributed by atoms with Gasteiger partial charge in [-0.15, -0.1) is 0 Å². The number of aromatic amines is 1. The summed E-state index contributed by atoms with van der Waals surface area (Å²) < 4.78 is 6.06. The molecule has 1 heterocycles. The summed E-state index contributed by atoms with van der Waals surface area (Å²) in [5, 5.41) is 0. The normalized spacial score (nSPS) is 11.6. The average Bonchev–Trinajstić information content (AvgIpc) is 2.49. The second-order valence-corrected chi connectivity index (χ2v) is 7.63. The molecule has 0 aliphatic rings. The number of benzene rings is 1. The summed E-state index contributed by atoms with van der Waals surface area (Å²) in [7, 11) is 0. The molecule has 0 saturated carbocycles. The van der Waals surface area contributed by atoms with Crippen LogP contribution in [0.3, 0.4) is 0 Å². The van der Waals surface area contributed by atoms with Crippen molar-refractivity contribution >= 4 is 27.9 Å². The van der Waals surface area contributed by atoms with Crippen LogP contribution >= 0.6 is 27.9 Å². The van der Waals surface area contributed by atoms with Crippen molar-refractivity contribution in [1.82, 2.24) is 14.3 Å². The number of hydrogen-bond acceptors (Lipinski definition) is 4. The highest BCUT2D eigenvalue weighted by atomic mass is 79.9. The van der Waals surface area contributed by atoms with E-state index in [-0.39, 0.29) is 16.8 Å². The number of nitrogens with one attached hydrogen (secondary N) is 2. The molecule has 2 rings (SSSR count). The van der Waals surface area contributed by atoms with Crippen molar-refractivity contribution < 1.29 is 0 Å². The Labute approximate surface area is 147 Å². The number of nitrogens with zero attached hydrogens (tertiary/aromatic N) is 1. The van der Waals surface area contributed by atoms with E-state index in [1.54, 1.807) is 11.9 Å². The summed E-state index contributed by atoms with van der Waals surface area (Å²) in [5.74, 6) is 0. The van der Waals surface area contributed by atoms with Crippen molar-refractivity contribution in [1.29, 1.82) is 0 Å². The maximum absolute atomic E-state index is 11.6.